The van der Waals surface area contributed by atoms with Gasteiger partial charge < -0.3 is 14.5 Å². The molecule has 0 amide bonds. The summed E-state index contributed by atoms with van der Waals surface area (Å²) in [6.45, 7) is 1.81. The molecule has 0 radical (unpaired) electrons. The molecule has 3 aromatic carbocycles. The average molecular weight is 462 g/mol. The molecule has 7 nitrogen and oxygen atoms in total. The number of aryl methyl sites for hydroxylation is 1. The Bertz CT molecular complexity index is 1460. The highest BCUT2D eigenvalue weighted by Crippen LogP contribution is 2.32. The maximum atomic E-state index is 13.8. The maximum Gasteiger partial charge on any atom is 0.247 e. The number of rotatable bonds is 6. The Morgan fingerprint density at radius 3 is 2.70 bits per heavy atom. The number of ether oxygens (including phenoxy) is 1. The fourth-order valence-electron chi connectivity index (χ4n) is 3.31. The van der Waals surface area contributed by atoms with E-state index in [1.54, 1.807) is 37.3 Å². The van der Waals surface area contributed by atoms with Crippen molar-refractivity contribution in [3.63, 3.8) is 0 Å². The Kier molecular flexibility index (Phi) is 5.58. The summed E-state index contributed by atoms with van der Waals surface area (Å²) in [7, 11) is 0. The van der Waals surface area contributed by atoms with Crippen LogP contribution in [0.5, 0.6) is 5.75 Å². The van der Waals surface area contributed by atoms with Crippen molar-refractivity contribution in [3.8, 4) is 17.2 Å². The van der Waals surface area contributed by atoms with E-state index in [9.17, 15) is 4.39 Å². The van der Waals surface area contributed by atoms with Gasteiger partial charge in [0.1, 0.15) is 30.3 Å². The number of fused-ring (bicyclic) bond motifs is 1. The lowest BCUT2D eigenvalue weighted by Crippen LogP contribution is -2.00. The van der Waals surface area contributed by atoms with Crippen molar-refractivity contribution in [1.29, 1.82) is 0 Å². The molecule has 0 unspecified atom stereocenters. The zero-order valence-corrected chi connectivity index (χ0v) is 18.2. The van der Waals surface area contributed by atoms with E-state index in [4.69, 9.17) is 20.8 Å². The van der Waals surface area contributed by atoms with Gasteiger partial charge in [-0.25, -0.2) is 14.4 Å². The second-order valence-corrected chi connectivity index (χ2v) is 7.64. The Morgan fingerprint density at radius 1 is 1.03 bits per heavy atom. The highest BCUT2D eigenvalue weighted by Gasteiger charge is 2.12. The van der Waals surface area contributed by atoms with Crippen molar-refractivity contribution in [2.75, 3.05) is 5.32 Å². The third-order valence-electron chi connectivity index (χ3n) is 4.94. The summed E-state index contributed by atoms with van der Waals surface area (Å²) >= 11 is 6.41. The molecule has 0 saturated heterocycles. The van der Waals surface area contributed by atoms with Gasteiger partial charge >= 0.3 is 0 Å². The molecule has 0 aliphatic heterocycles. The third kappa shape index (κ3) is 4.47. The number of hydrogen-bond acceptors (Lipinski definition) is 7. The Morgan fingerprint density at radius 2 is 1.91 bits per heavy atom. The van der Waals surface area contributed by atoms with Crippen molar-refractivity contribution in [2.24, 2.45) is 0 Å². The smallest absolute Gasteiger partial charge is 0.247 e. The first kappa shape index (κ1) is 20.8. The molecule has 0 saturated carbocycles. The van der Waals surface area contributed by atoms with Gasteiger partial charge in [-0.15, -0.1) is 10.2 Å². The molecule has 1 N–H and O–H groups in total. The second kappa shape index (κ2) is 8.84. The van der Waals surface area contributed by atoms with Gasteiger partial charge in [0.05, 0.1) is 10.5 Å². The molecule has 9 heteroatoms. The first-order valence-electron chi connectivity index (χ1n) is 10.0. The van der Waals surface area contributed by atoms with Gasteiger partial charge in [0.25, 0.3) is 0 Å². The second-order valence-electron chi connectivity index (χ2n) is 7.23. The highest BCUT2D eigenvalue weighted by molar-refractivity contribution is 6.32. The minimum atomic E-state index is -0.322. The van der Waals surface area contributed by atoms with Crippen molar-refractivity contribution in [2.45, 2.75) is 13.5 Å². The molecule has 0 aliphatic carbocycles. The Hall–Kier alpha value is -4.04. The minimum Gasteiger partial charge on any atom is -0.487 e. The number of benzene rings is 3. The van der Waals surface area contributed by atoms with Crippen LogP contribution in [-0.2, 0) is 6.61 Å². The molecule has 2 aromatic heterocycles. The first-order valence-corrected chi connectivity index (χ1v) is 10.4. The topological polar surface area (TPSA) is 86.0 Å². The largest absolute Gasteiger partial charge is 0.487 e. The number of hydrogen-bond donors (Lipinski definition) is 1. The van der Waals surface area contributed by atoms with E-state index in [2.05, 4.69) is 25.5 Å². The number of nitrogens with one attached hydrogen (secondary N) is 1. The monoisotopic (exact) mass is 461 g/mol. The lowest BCUT2D eigenvalue weighted by Gasteiger charge is -2.12. The van der Waals surface area contributed by atoms with E-state index in [-0.39, 0.29) is 12.4 Å². The van der Waals surface area contributed by atoms with Gasteiger partial charge in [0, 0.05) is 29.1 Å². The third-order valence-corrected chi connectivity index (χ3v) is 5.24. The van der Waals surface area contributed by atoms with E-state index in [0.717, 1.165) is 16.5 Å². The van der Waals surface area contributed by atoms with Crippen LogP contribution >= 0.6 is 11.6 Å². The molecular weight excluding hydrogens is 445 g/mol. The summed E-state index contributed by atoms with van der Waals surface area (Å²) < 4.78 is 25.0. The van der Waals surface area contributed by atoms with Crippen LogP contribution in [0.4, 0.5) is 15.9 Å². The molecule has 0 aliphatic rings. The van der Waals surface area contributed by atoms with E-state index in [1.807, 2.05) is 24.3 Å². The molecule has 33 heavy (non-hydrogen) atoms. The standard InChI is InChI=1S/C24H17ClFN5O2/c1-14-30-31-24(33-14)15-6-8-21-18(10-15)23(28-13-27-21)29-17-7-9-22(19(25)11-17)32-12-16-4-2-3-5-20(16)26/h2-11,13H,12H2,1H3,(H,27,28,29). The molecule has 0 spiro atoms. The number of anilines is 2. The molecule has 5 aromatic rings. The molecule has 2 heterocycles. The first-order chi connectivity index (χ1) is 16.1. The van der Waals surface area contributed by atoms with Crippen LogP contribution in [0.1, 0.15) is 11.5 Å². The van der Waals surface area contributed by atoms with Crippen molar-refractivity contribution in [1.82, 2.24) is 20.2 Å². The van der Waals surface area contributed by atoms with Crippen molar-refractivity contribution in [3.05, 3.63) is 89.3 Å². The lowest BCUT2D eigenvalue weighted by atomic mass is 10.1. The van der Waals surface area contributed by atoms with Gasteiger partial charge in [-0.05, 0) is 42.5 Å². The minimum absolute atomic E-state index is 0.0770. The van der Waals surface area contributed by atoms with Crippen LogP contribution in [0.3, 0.4) is 0 Å². The predicted octanol–water partition coefficient (Wildman–Crippen LogP) is 6.10. The van der Waals surface area contributed by atoms with Gasteiger partial charge in [-0.1, -0.05) is 29.8 Å². The number of nitrogens with zero attached hydrogens (tertiary/aromatic N) is 4. The number of aromatic nitrogens is 4. The zero-order chi connectivity index (χ0) is 22.8. The van der Waals surface area contributed by atoms with E-state index in [1.165, 1.54) is 12.4 Å². The predicted molar refractivity (Wildman–Crippen MR) is 123 cm³/mol. The van der Waals surface area contributed by atoms with Gasteiger partial charge in [-0.3, -0.25) is 0 Å². The summed E-state index contributed by atoms with van der Waals surface area (Å²) in [5, 5.41) is 12.4. The molecular formula is C24H17ClFN5O2. The summed E-state index contributed by atoms with van der Waals surface area (Å²) in [5.41, 5.74) is 2.67. The molecule has 164 valence electrons. The summed E-state index contributed by atoms with van der Waals surface area (Å²) in [5.74, 6) is 1.63. The van der Waals surface area contributed by atoms with E-state index >= 15 is 0 Å². The number of halogens is 2. The van der Waals surface area contributed by atoms with Crippen LogP contribution < -0.4 is 10.1 Å². The summed E-state index contributed by atoms with van der Waals surface area (Å²) in [6, 6.07) is 17.3. The van der Waals surface area contributed by atoms with Crippen LogP contribution in [-0.4, -0.2) is 20.2 Å². The summed E-state index contributed by atoms with van der Waals surface area (Å²) in [6.07, 6.45) is 1.48. The normalized spacial score (nSPS) is 11.0. The van der Waals surface area contributed by atoms with Crippen molar-refractivity contribution < 1.29 is 13.5 Å². The summed E-state index contributed by atoms with van der Waals surface area (Å²) in [4.78, 5) is 8.70. The Balaban J connectivity index is 1.39. The van der Waals surface area contributed by atoms with Gasteiger partial charge in [0.15, 0.2) is 0 Å². The Labute approximate surface area is 193 Å². The van der Waals surface area contributed by atoms with Crippen molar-refractivity contribution >= 4 is 34.0 Å². The van der Waals surface area contributed by atoms with Gasteiger partial charge in [-0.2, -0.15) is 0 Å². The van der Waals surface area contributed by atoms with Crippen LogP contribution in [0, 0.1) is 12.7 Å². The molecule has 0 bridgehead atoms. The van der Waals surface area contributed by atoms with Crippen LogP contribution in [0.2, 0.25) is 5.02 Å². The maximum absolute atomic E-state index is 13.8. The van der Waals surface area contributed by atoms with Crippen LogP contribution in [0.25, 0.3) is 22.4 Å². The van der Waals surface area contributed by atoms with E-state index < -0.39 is 0 Å². The van der Waals surface area contributed by atoms with Crippen LogP contribution in [0.15, 0.2) is 71.4 Å². The zero-order valence-electron chi connectivity index (χ0n) is 17.4. The van der Waals surface area contributed by atoms with E-state index in [0.29, 0.717) is 39.6 Å². The fourth-order valence-corrected chi connectivity index (χ4v) is 3.54. The SMILES string of the molecule is Cc1nnc(-c2ccc3ncnc(Nc4ccc(OCc5ccccc5F)c(Cl)c4)c3c2)o1. The molecule has 5 rings (SSSR count). The highest BCUT2D eigenvalue weighted by atomic mass is 35.5. The molecule has 0 atom stereocenters. The average Bonchev–Trinajstić information content (AvgIpc) is 3.26. The molecule has 0 fully saturated rings. The van der Waals surface area contributed by atoms with Gasteiger partial charge in [0.2, 0.25) is 11.8 Å². The fraction of sp³-hybridized carbons (Fsp3) is 0.0833. The quantitative estimate of drug-likeness (QED) is 0.326. The lowest BCUT2D eigenvalue weighted by molar-refractivity contribution is 0.300.